The summed E-state index contributed by atoms with van der Waals surface area (Å²) in [6.45, 7) is 3.04. The van der Waals surface area contributed by atoms with Crippen molar-refractivity contribution >= 4 is 17.4 Å². The standard InChI is InChI=1S/C11H13ClN4O/c1-7-5-14-11(12)16-10(7)15-9-6-17-3-2-8(9)4-13/h5,8-9H,2-3,6H2,1H3,(H,14,15,16). The van der Waals surface area contributed by atoms with Gasteiger partial charge in [0, 0.05) is 18.4 Å². The molecule has 0 radical (unpaired) electrons. The van der Waals surface area contributed by atoms with Gasteiger partial charge in [0.25, 0.3) is 0 Å². The van der Waals surface area contributed by atoms with Gasteiger partial charge in [-0.2, -0.15) is 5.26 Å². The van der Waals surface area contributed by atoms with Gasteiger partial charge >= 0.3 is 0 Å². The average molecular weight is 253 g/mol. The first kappa shape index (κ1) is 12.1. The van der Waals surface area contributed by atoms with Crippen LogP contribution in [0.1, 0.15) is 12.0 Å². The highest BCUT2D eigenvalue weighted by atomic mass is 35.5. The third-order valence-corrected chi connectivity index (χ3v) is 2.97. The van der Waals surface area contributed by atoms with E-state index in [0.29, 0.717) is 19.0 Å². The van der Waals surface area contributed by atoms with Crippen LogP contribution in [0.2, 0.25) is 5.28 Å². The van der Waals surface area contributed by atoms with Crippen molar-refractivity contribution in [2.45, 2.75) is 19.4 Å². The van der Waals surface area contributed by atoms with Crippen molar-refractivity contribution in [3.05, 3.63) is 17.0 Å². The van der Waals surface area contributed by atoms with Gasteiger partial charge in [-0.15, -0.1) is 0 Å². The summed E-state index contributed by atoms with van der Waals surface area (Å²) in [5.74, 6) is 0.609. The molecular weight excluding hydrogens is 240 g/mol. The fourth-order valence-electron chi connectivity index (χ4n) is 1.78. The Morgan fingerprint density at radius 3 is 3.24 bits per heavy atom. The minimum absolute atomic E-state index is 0.0431. The molecule has 0 aromatic carbocycles. The van der Waals surface area contributed by atoms with Crippen LogP contribution < -0.4 is 5.32 Å². The highest BCUT2D eigenvalue weighted by Gasteiger charge is 2.26. The second kappa shape index (κ2) is 5.30. The number of ether oxygens (including phenoxy) is 1. The van der Waals surface area contributed by atoms with Crippen LogP contribution in [0.25, 0.3) is 0 Å². The molecule has 5 nitrogen and oxygen atoms in total. The number of rotatable bonds is 2. The Balaban J connectivity index is 2.14. The molecule has 17 heavy (non-hydrogen) atoms. The van der Waals surface area contributed by atoms with Gasteiger partial charge in [0.2, 0.25) is 5.28 Å². The molecule has 0 spiro atoms. The maximum atomic E-state index is 9.06. The highest BCUT2D eigenvalue weighted by Crippen LogP contribution is 2.21. The summed E-state index contributed by atoms with van der Waals surface area (Å²) in [5, 5.41) is 12.5. The predicted octanol–water partition coefficient (Wildman–Crippen LogP) is 1.78. The number of aryl methyl sites for hydroxylation is 1. The first-order chi connectivity index (χ1) is 8.20. The van der Waals surface area contributed by atoms with E-state index >= 15 is 0 Å². The fraction of sp³-hybridized carbons (Fsp3) is 0.545. The van der Waals surface area contributed by atoms with Crippen molar-refractivity contribution in [1.82, 2.24) is 9.97 Å². The lowest BCUT2D eigenvalue weighted by Crippen LogP contribution is -2.38. The molecule has 0 saturated carbocycles. The Hall–Kier alpha value is -1.38. The van der Waals surface area contributed by atoms with Gasteiger partial charge in [-0.25, -0.2) is 9.97 Å². The molecule has 1 aliphatic heterocycles. The van der Waals surface area contributed by atoms with E-state index < -0.39 is 0 Å². The molecule has 2 unspecified atom stereocenters. The number of halogens is 1. The monoisotopic (exact) mass is 252 g/mol. The quantitative estimate of drug-likeness (QED) is 0.813. The summed E-state index contributed by atoms with van der Waals surface area (Å²) in [4.78, 5) is 8.00. The topological polar surface area (TPSA) is 70.8 Å². The maximum absolute atomic E-state index is 9.06. The van der Waals surface area contributed by atoms with Crippen molar-refractivity contribution in [2.24, 2.45) is 5.92 Å². The molecule has 0 bridgehead atoms. The molecule has 90 valence electrons. The Bertz CT molecular complexity index is 446. The Labute approximate surface area is 105 Å². The second-order valence-electron chi connectivity index (χ2n) is 4.02. The van der Waals surface area contributed by atoms with Gasteiger partial charge in [0.15, 0.2) is 0 Å². The summed E-state index contributed by atoms with van der Waals surface area (Å²) < 4.78 is 5.37. The van der Waals surface area contributed by atoms with Gasteiger partial charge in [0.05, 0.1) is 24.6 Å². The summed E-state index contributed by atoms with van der Waals surface area (Å²) in [5.41, 5.74) is 0.900. The van der Waals surface area contributed by atoms with Crippen molar-refractivity contribution < 1.29 is 4.74 Å². The van der Waals surface area contributed by atoms with E-state index in [0.717, 1.165) is 12.0 Å². The molecule has 2 heterocycles. The van der Waals surface area contributed by atoms with E-state index in [4.69, 9.17) is 21.6 Å². The van der Waals surface area contributed by atoms with Crippen LogP contribution in [0.5, 0.6) is 0 Å². The molecular formula is C11H13ClN4O. The van der Waals surface area contributed by atoms with Crippen LogP contribution in [-0.4, -0.2) is 29.2 Å². The zero-order valence-electron chi connectivity index (χ0n) is 9.48. The minimum atomic E-state index is -0.0584. The zero-order valence-corrected chi connectivity index (χ0v) is 10.2. The molecule has 1 fully saturated rings. The lowest BCUT2D eigenvalue weighted by Gasteiger charge is -2.28. The first-order valence-electron chi connectivity index (χ1n) is 5.43. The van der Waals surface area contributed by atoms with Gasteiger partial charge in [-0.05, 0) is 24.9 Å². The molecule has 6 heteroatoms. The van der Waals surface area contributed by atoms with Crippen LogP contribution >= 0.6 is 11.6 Å². The molecule has 1 aliphatic rings. The number of hydrogen-bond donors (Lipinski definition) is 1. The molecule has 1 N–H and O–H groups in total. The number of anilines is 1. The fourth-order valence-corrected chi connectivity index (χ4v) is 1.91. The summed E-state index contributed by atoms with van der Waals surface area (Å²) in [6, 6.07) is 2.25. The SMILES string of the molecule is Cc1cnc(Cl)nc1NC1COCCC1C#N. The molecule has 1 aromatic heterocycles. The van der Waals surface area contributed by atoms with E-state index in [1.165, 1.54) is 0 Å². The lowest BCUT2D eigenvalue weighted by molar-refractivity contribution is 0.0698. The summed E-state index contributed by atoms with van der Waals surface area (Å²) >= 11 is 5.75. The Kier molecular flexibility index (Phi) is 3.77. The Morgan fingerprint density at radius 1 is 1.65 bits per heavy atom. The minimum Gasteiger partial charge on any atom is -0.379 e. The van der Waals surface area contributed by atoms with Crippen LogP contribution in [-0.2, 0) is 4.74 Å². The molecule has 2 atom stereocenters. The maximum Gasteiger partial charge on any atom is 0.224 e. The molecule has 1 aromatic rings. The summed E-state index contributed by atoms with van der Waals surface area (Å²) in [6.07, 6.45) is 2.40. The molecule has 1 saturated heterocycles. The normalized spacial score (nSPS) is 24.1. The smallest absolute Gasteiger partial charge is 0.224 e. The van der Waals surface area contributed by atoms with E-state index in [2.05, 4.69) is 21.4 Å². The van der Waals surface area contributed by atoms with Crippen LogP contribution in [0.4, 0.5) is 5.82 Å². The number of hydrogen-bond acceptors (Lipinski definition) is 5. The van der Waals surface area contributed by atoms with Gasteiger partial charge in [0.1, 0.15) is 5.82 Å². The molecule has 0 amide bonds. The predicted molar refractivity (Wildman–Crippen MR) is 63.7 cm³/mol. The van der Waals surface area contributed by atoms with Crippen LogP contribution in [0.3, 0.4) is 0 Å². The van der Waals surface area contributed by atoms with Crippen LogP contribution in [0.15, 0.2) is 6.20 Å². The van der Waals surface area contributed by atoms with E-state index in [1.54, 1.807) is 6.20 Å². The molecule has 2 rings (SSSR count). The third kappa shape index (κ3) is 2.84. The number of nitrogens with zero attached hydrogens (tertiary/aromatic N) is 3. The van der Waals surface area contributed by atoms with Crippen LogP contribution in [0, 0.1) is 24.2 Å². The van der Waals surface area contributed by atoms with Gasteiger partial charge < -0.3 is 10.1 Å². The second-order valence-corrected chi connectivity index (χ2v) is 4.36. The van der Waals surface area contributed by atoms with E-state index in [1.807, 2.05) is 6.92 Å². The van der Waals surface area contributed by atoms with E-state index in [-0.39, 0.29) is 17.2 Å². The number of aromatic nitrogens is 2. The number of nitriles is 1. The first-order valence-corrected chi connectivity index (χ1v) is 5.81. The van der Waals surface area contributed by atoms with Crippen molar-refractivity contribution in [3.8, 4) is 6.07 Å². The van der Waals surface area contributed by atoms with Crippen molar-refractivity contribution in [2.75, 3.05) is 18.5 Å². The van der Waals surface area contributed by atoms with E-state index in [9.17, 15) is 0 Å². The third-order valence-electron chi connectivity index (χ3n) is 2.79. The Morgan fingerprint density at radius 2 is 2.47 bits per heavy atom. The highest BCUT2D eigenvalue weighted by molar-refractivity contribution is 6.28. The number of nitrogens with one attached hydrogen (secondary N) is 1. The summed E-state index contributed by atoms with van der Waals surface area (Å²) in [7, 11) is 0. The van der Waals surface area contributed by atoms with Crippen molar-refractivity contribution in [3.63, 3.8) is 0 Å². The largest absolute Gasteiger partial charge is 0.379 e. The average Bonchev–Trinajstić information content (AvgIpc) is 2.34. The van der Waals surface area contributed by atoms with Gasteiger partial charge in [-0.1, -0.05) is 0 Å². The zero-order chi connectivity index (χ0) is 12.3. The molecule has 0 aliphatic carbocycles. The lowest BCUT2D eigenvalue weighted by atomic mass is 9.96. The van der Waals surface area contributed by atoms with Gasteiger partial charge in [-0.3, -0.25) is 0 Å². The van der Waals surface area contributed by atoms with Crippen molar-refractivity contribution in [1.29, 1.82) is 5.26 Å².